The van der Waals surface area contributed by atoms with E-state index in [1.165, 1.54) is 11.3 Å². The number of nitrogens with zero attached hydrogens (tertiary/aromatic N) is 2. The van der Waals surface area contributed by atoms with E-state index in [0.717, 1.165) is 18.2 Å². The van der Waals surface area contributed by atoms with E-state index < -0.39 is 16.6 Å². The van der Waals surface area contributed by atoms with Crippen LogP contribution in [0.25, 0.3) is 0 Å². The number of nitrogens with two attached hydrogens (primary N) is 1. The van der Waals surface area contributed by atoms with Gasteiger partial charge in [0.2, 0.25) is 0 Å². The number of carbonyl (C=O) groups excluding carboxylic acids is 1. The highest BCUT2D eigenvalue weighted by atomic mass is 32.1. The van der Waals surface area contributed by atoms with Crippen LogP contribution < -0.4 is 11.1 Å². The first-order valence-electron chi connectivity index (χ1n) is 5.91. The second kappa shape index (κ2) is 6.37. The van der Waals surface area contributed by atoms with Gasteiger partial charge < -0.3 is 11.1 Å². The van der Waals surface area contributed by atoms with Crippen molar-refractivity contribution in [3.63, 3.8) is 0 Å². The molecule has 0 aliphatic rings. The van der Waals surface area contributed by atoms with Gasteiger partial charge in [-0.05, 0) is 12.6 Å². The second-order valence-corrected chi connectivity index (χ2v) is 4.98. The number of hydrogen-bond donors (Lipinski definition) is 2. The van der Waals surface area contributed by atoms with E-state index in [9.17, 15) is 19.3 Å². The Hall–Kier alpha value is -2.39. The summed E-state index contributed by atoms with van der Waals surface area (Å²) in [5.41, 5.74) is 5.02. The van der Waals surface area contributed by atoms with E-state index in [4.69, 9.17) is 5.73 Å². The van der Waals surface area contributed by atoms with Gasteiger partial charge in [0.1, 0.15) is 5.69 Å². The van der Waals surface area contributed by atoms with E-state index in [1.807, 2.05) is 0 Å². The van der Waals surface area contributed by atoms with Crippen LogP contribution in [0.1, 0.15) is 15.5 Å². The first-order valence-corrected chi connectivity index (χ1v) is 6.79. The van der Waals surface area contributed by atoms with Gasteiger partial charge in [0.05, 0.1) is 21.7 Å². The summed E-state index contributed by atoms with van der Waals surface area (Å²) in [4.78, 5) is 25.8. The lowest BCUT2D eigenvalue weighted by molar-refractivity contribution is -0.385. The number of thiazole rings is 1. The number of hydrogen-bond acceptors (Lipinski definition) is 6. The number of nitro benzene ring substituents is 1. The van der Waals surface area contributed by atoms with Crippen LogP contribution in [0.2, 0.25) is 0 Å². The van der Waals surface area contributed by atoms with Crippen molar-refractivity contribution in [2.45, 2.75) is 6.42 Å². The number of rotatable bonds is 5. The first kappa shape index (κ1) is 15.0. The van der Waals surface area contributed by atoms with Crippen molar-refractivity contribution >= 4 is 28.6 Å². The average Bonchev–Trinajstić information content (AvgIpc) is 2.90. The van der Waals surface area contributed by atoms with Crippen LogP contribution in [0.15, 0.2) is 23.6 Å². The highest BCUT2D eigenvalue weighted by Gasteiger charge is 2.15. The van der Waals surface area contributed by atoms with Crippen molar-refractivity contribution in [1.82, 2.24) is 4.98 Å². The van der Waals surface area contributed by atoms with E-state index in [0.29, 0.717) is 18.0 Å². The highest BCUT2D eigenvalue weighted by molar-refractivity contribution is 7.09. The zero-order valence-corrected chi connectivity index (χ0v) is 11.5. The predicted octanol–water partition coefficient (Wildman–Crippen LogP) is 1.94. The van der Waals surface area contributed by atoms with Crippen molar-refractivity contribution in [2.24, 2.45) is 5.73 Å². The van der Waals surface area contributed by atoms with E-state index in [1.54, 1.807) is 5.38 Å². The molecule has 2 aromatic rings. The molecule has 21 heavy (non-hydrogen) atoms. The standard InChI is InChI=1S/C12H11FN4O3S/c13-8-5-7(17(19)20)1-2-9(8)16-12(18)10-6-21-11(15-10)3-4-14/h1-2,5-6H,3-4,14H2,(H,16,18). The Balaban J connectivity index is 2.13. The van der Waals surface area contributed by atoms with Crippen molar-refractivity contribution in [1.29, 1.82) is 0 Å². The number of benzene rings is 1. The molecule has 1 aromatic carbocycles. The summed E-state index contributed by atoms with van der Waals surface area (Å²) in [7, 11) is 0. The molecule has 0 radical (unpaired) electrons. The van der Waals surface area contributed by atoms with Crippen LogP contribution in [0, 0.1) is 15.9 Å². The lowest BCUT2D eigenvalue weighted by Gasteiger charge is -2.04. The Morgan fingerprint density at radius 1 is 1.52 bits per heavy atom. The number of nitrogens with one attached hydrogen (secondary N) is 1. The molecule has 1 amide bonds. The molecule has 0 aliphatic carbocycles. The Bertz CT molecular complexity index is 689. The summed E-state index contributed by atoms with van der Waals surface area (Å²) in [5.74, 6) is -1.46. The molecule has 1 aromatic heterocycles. The fourth-order valence-electron chi connectivity index (χ4n) is 1.56. The Morgan fingerprint density at radius 3 is 2.90 bits per heavy atom. The molecule has 0 fully saturated rings. The number of anilines is 1. The zero-order chi connectivity index (χ0) is 15.4. The molecule has 110 valence electrons. The minimum absolute atomic E-state index is 0.140. The Morgan fingerprint density at radius 2 is 2.29 bits per heavy atom. The quantitative estimate of drug-likeness (QED) is 0.647. The van der Waals surface area contributed by atoms with E-state index in [2.05, 4.69) is 10.3 Å². The summed E-state index contributed by atoms with van der Waals surface area (Å²) in [6.45, 7) is 0.422. The lowest BCUT2D eigenvalue weighted by Crippen LogP contribution is -2.14. The van der Waals surface area contributed by atoms with Crippen molar-refractivity contribution in [2.75, 3.05) is 11.9 Å². The summed E-state index contributed by atoms with van der Waals surface area (Å²) in [5, 5.41) is 15.1. The normalized spacial score (nSPS) is 10.4. The molecule has 1 heterocycles. The van der Waals surface area contributed by atoms with Gasteiger partial charge in [-0.25, -0.2) is 9.37 Å². The fraction of sp³-hybridized carbons (Fsp3) is 0.167. The first-order chi connectivity index (χ1) is 10.0. The predicted molar refractivity (Wildman–Crippen MR) is 75.9 cm³/mol. The molecule has 0 aliphatic heterocycles. The van der Waals surface area contributed by atoms with Crippen molar-refractivity contribution in [3.05, 3.63) is 50.2 Å². The van der Waals surface area contributed by atoms with Crippen LogP contribution in [0.3, 0.4) is 0 Å². The third-order valence-corrected chi connectivity index (χ3v) is 3.46. The molecule has 9 heteroatoms. The lowest BCUT2D eigenvalue weighted by atomic mass is 10.2. The molecule has 3 N–H and O–H groups in total. The van der Waals surface area contributed by atoms with E-state index >= 15 is 0 Å². The minimum atomic E-state index is -0.880. The molecule has 0 spiro atoms. The molecule has 0 saturated carbocycles. The Kier molecular flexibility index (Phi) is 4.55. The summed E-state index contributed by atoms with van der Waals surface area (Å²) < 4.78 is 13.7. The molecule has 0 unspecified atom stereocenters. The molecule has 0 atom stereocenters. The molecule has 2 rings (SSSR count). The van der Waals surface area contributed by atoms with Crippen molar-refractivity contribution < 1.29 is 14.1 Å². The molecular formula is C12H11FN4O3S. The number of carbonyl (C=O) groups is 1. The number of halogens is 1. The highest BCUT2D eigenvalue weighted by Crippen LogP contribution is 2.21. The third-order valence-electron chi connectivity index (χ3n) is 2.55. The minimum Gasteiger partial charge on any atom is -0.330 e. The van der Waals surface area contributed by atoms with Crippen LogP contribution in [-0.2, 0) is 6.42 Å². The largest absolute Gasteiger partial charge is 0.330 e. The van der Waals surface area contributed by atoms with Gasteiger partial charge in [0, 0.05) is 17.9 Å². The van der Waals surface area contributed by atoms with Crippen LogP contribution in [-0.4, -0.2) is 22.4 Å². The van der Waals surface area contributed by atoms with Gasteiger partial charge >= 0.3 is 0 Å². The average molecular weight is 310 g/mol. The smallest absolute Gasteiger partial charge is 0.275 e. The van der Waals surface area contributed by atoms with E-state index in [-0.39, 0.29) is 17.1 Å². The monoisotopic (exact) mass is 310 g/mol. The maximum atomic E-state index is 13.7. The maximum Gasteiger partial charge on any atom is 0.275 e. The van der Waals surface area contributed by atoms with Crippen molar-refractivity contribution in [3.8, 4) is 0 Å². The summed E-state index contributed by atoms with van der Waals surface area (Å²) in [6.07, 6.45) is 0.559. The number of non-ortho nitro benzene ring substituents is 1. The SMILES string of the molecule is NCCc1nc(C(=O)Nc2ccc([N+](=O)[O-])cc2F)cs1. The van der Waals surface area contributed by atoms with Crippen LogP contribution in [0.5, 0.6) is 0 Å². The van der Waals surface area contributed by atoms with Gasteiger partial charge in [-0.2, -0.15) is 0 Å². The van der Waals surface area contributed by atoms with Gasteiger partial charge in [0.25, 0.3) is 11.6 Å². The summed E-state index contributed by atoms with van der Waals surface area (Å²) >= 11 is 1.29. The Labute approximate surface area is 122 Å². The fourth-order valence-corrected chi connectivity index (χ4v) is 2.35. The zero-order valence-electron chi connectivity index (χ0n) is 10.7. The van der Waals surface area contributed by atoms with Crippen LogP contribution in [0.4, 0.5) is 15.8 Å². The molecule has 7 nitrogen and oxygen atoms in total. The topological polar surface area (TPSA) is 111 Å². The second-order valence-electron chi connectivity index (χ2n) is 4.04. The molecule has 0 saturated heterocycles. The molecular weight excluding hydrogens is 299 g/mol. The third kappa shape index (κ3) is 3.58. The number of aromatic nitrogens is 1. The van der Waals surface area contributed by atoms with Crippen LogP contribution >= 0.6 is 11.3 Å². The van der Waals surface area contributed by atoms with Gasteiger partial charge in [-0.1, -0.05) is 0 Å². The molecule has 0 bridgehead atoms. The van der Waals surface area contributed by atoms with Gasteiger partial charge in [-0.15, -0.1) is 11.3 Å². The summed E-state index contributed by atoms with van der Waals surface area (Å²) in [6, 6.07) is 2.99. The van der Waals surface area contributed by atoms with Gasteiger partial charge in [-0.3, -0.25) is 14.9 Å². The van der Waals surface area contributed by atoms with Gasteiger partial charge in [0.15, 0.2) is 5.82 Å². The number of nitro groups is 1. The maximum absolute atomic E-state index is 13.7. The number of amides is 1.